The van der Waals surface area contributed by atoms with Crippen LogP contribution in [0.3, 0.4) is 0 Å². The highest BCUT2D eigenvalue weighted by atomic mass is 16.5. The quantitative estimate of drug-likeness (QED) is 0.562. The molecule has 0 N–H and O–H groups in total. The Hall–Kier alpha value is -1.50. The lowest BCUT2D eigenvalue weighted by Crippen LogP contribution is -2.17. The number of ether oxygens (including phenoxy) is 1. The second kappa shape index (κ2) is 2.74. The van der Waals surface area contributed by atoms with Gasteiger partial charge in [0.25, 0.3) is 0 Å². The molecule has 1 heterocycles. The van der Waals surface area contributed by atoms with Crippen LogP contribution in [-0.4, -0.2) is 0 Å². The molecule has 0 aromatic heterocycles. The summed E-state index contributed by atoms with van der Waals surface area (Å²) in [6, 6.07) is 0. The van der Waals surface area contributed by atoms with E-state index in [2.05, 4.69) is 43.4 Å². The summed E-state index contributed by atoms with van der Waals surface area (Å²) in [5.41, 5.74) is 2.73. The van der Waals surface area contributed by atoms with E-state index in [-0.39, 0.29) is 0 Å². The summed E-state index contributed by atoms with van der Waals surface area (Å²) < 4.78 is 5.42. The standard InChI is InChI=1S/C13H12O/c1-9-2-3-10-4-5-13-11(6-7-14-13)12(10)8-9/h2-8,11-12H,1H3/t11-,12+/m1/s1. The zero-order chi connectivity index (χ0) is 9.54. The summed E-state index contributed by atoms with van der Waals surface area (Å²) in [6.07, 6.45) is 14.9. The second-order valence-electron chi connectivity index (χ2n) is 3.98. The van der Waals surface area contributed by atoms with E-state index < -0.39 is 0 Å². The molecule has 0 fully saturated rings. The minimum absolute atomic E-state index is 0.426. The van der Waals surface area contributed by atoms with Crippen molar-refractivity contribution in [2.24, 2.45) is 11.8 Å². The first-order valence-corrected chi connectivity index (χ1v) is 4.96. The van der Waals surface area contributed by atoms with Crippen molar-refractivity contribution in [3.8, 4) is 0 Å². The third kappa shape index (κ3) is 1.02. The Kier molecular flexibility index (Phi) is 1.54. The maximum Gasteiger partial charge on any atom is 0.111 e. The predicted octanol–water partition coefficient (Wildman–Crippen LogP) is 3.10. The van der Waals surface area contributed by atoms with E-state index in [1.54, 1.807) is 6.26 Å². The molecular formula is C13H12O. The largest absolute Gasteiger partial charge is 0.469 e. The molecular weight excluding hydrogens is 172 g/mol. The third-order valence-electron chi connectivity index (χ3n) is 3.01. The Bertz CT molecular complexity index is 419. The van der Waals surface area contributed by atoms with Crippen LogP contribution in [0.4, 0.5) is 0 Å². The van der Waals surface area contributed by atoms with Crippen LogP contribution in [0.15, 0.2) is 59.6 Å². The van der Waals surface area contributed by atoms with Crippen LogP contribution in [0.5, 0.6) is 0 Å². The van der Waals surface area contributed by atoms with E-state index in [4.69, 9.17) is 4.74 Å². The molecule has 0 saturated carbocycles. The van der Waals surface area contributed by atoms with Crippen molar-refractivity contribution in [2.45, 2.75) is 6.92 Å². The molecule has 0 unspecified atom stereocenters. The molecule has 70 valence electrons. The molecule has 0 bridgehead atoms. The molecule has 1 aliphatic heterocycles. The zero-order valence-electron chi connectivity index (χ0n) is 8.10. The molecule has 0 amide bonds. The molecule has 0 aromatic rings. The van der Waals surface area contributed by atoms with Crippen molar-refractivity contribution in [3.05, 3.63) is 59.6 Å². The molecule has 14 heavy (non-hydrogen) atoms. The van der Waals surface area contributed by atoms with E-state index in [1.807, 2.05) is 0 Å². The van der Waals surface area contributed by atoms with Crippen LogP contribution in [0.25, 0.3) is 0 Å². The fourth-order valence-corrected chi connectivity index (χ4v) is 2.25. The Labute approximate surface area is 83.8 Å². The van der Waals surface area contributed by atoms with Gasteiger partial charge in [0.1, 0.15) is 5.76 Å². The van der Waals surface area contributed by atoms with Gasteiger partial charge in [-0.2, -0.15) is 0 Å². The van der Waals surface area contributed by atoms with Gasteiger partial charge in [0.15, 0.2) is 0 Å². The van der Waals surface area contributed by atoms with Gasteiger partial charge in [0, 0.05) is 11.8 Å². The third-order valence-corrected chi connectivity index (χ3v) is 3.01. The Balaban J connectivity index is 2.06. The first kappa shape index (κ1) is 7.86. The van der Waals surface area contributed by atoms with Gasteiger partial charge in [0.05, 0.1) is 6.26 Å². The average Bonchev–Trinajstić information content (AvgIpc) is 2.65. The fourth-order valence-electron chi connectivity index (χ4n) is 2.25. The lowest BCUT2D eigenvalue weighted by atomic mass is 9.78. The molecule has 0 spiro atoms. The monoisotopic (exact) mass is 184 g/mol. The van der Waals surface area contributed by atoms with Gasteiger partial charge in [-0.3, -0.25) is 0 Å². The summed E-state index contributed by atoms with van der Waals surface area (Å²) >= 11 is 0. The number of rotatable bonds is 0. The minimum atomic E-state index is 0.426. The first-order valence-electron chi connectivity index (χ1n) is 4.96. The SMILES string of the molecule is CC1=C[C@H]2C(=CC=C3OC=C[C@@H]32)C=C1. The summed E-state index contributed by atoms with van der Waals surface area (Å²) in [7, 11) is 0. The van der Waals surface area contributed by atoms with Gasteiger partial charge >= 0.3 is 0 Å². The summed E-state index contributed by atoms with van der Waals surface area (Å²) in [5, 5.41) is 0. The summed E-state index contributed by atoms with van der Waals surface area (Å²) in [5.74, 6) is 1.99. The van der Waals surface area contributed by atoms with Crippen molar-refractivity contribution in [2.75, 3.05) is 0 Å². The molecule has 1 heteroatoms. The van der Waals surface area contributed by atoms with E-state index >= 15 is 0 Å². The molecule has 2 aliphatic carbocycles. The maximum atomic E-state index is 5.42. The summed E-state index contributed by atoms with van der Waals surface area (Å²) in [6.45, 7) is 2.14. The van der Waals surface area contributed by atoms with Crippen LogP contribution in [0.1, 0.15) is 6.92 Å². The average molecular weight is 184 g/mol. The van der Waals surface area contributed by atoms with Crippen molar-refractivity contribution >= 4 is 0 Å². The molecule has 2 atom stereocenters. The summed E-state index contributed by atoms with van der Waals surface area (Å²) in [4.78, 5) is 0. The number of hydrogen-bond donors (Lipinski definition) is 0. The van der Waals surface area contributed by atoms with E-state index in [0.717, 1.165) is 5.76 Å². The van der Waals surface area contributed by atoms with Gasteiger partial charge < -0.3 is 4.74 Å². The van der Waals surface area contributed by atoms with Crippen molar-refractivity contribution in [3.63, 3.8) is 0 Å². The van der Waals surface area contributed by atoms with Gasteiger partial charge in [-0.25, -0.2) is 0 Å². The number of allylic oxidation sites excluding steroid dienone is 8. The minimum Gasteiger partial charge on any atom is -0.469 e. The van der Waals surface area contributed by atoms with Gasteiger partial charge in [-0.15, -0.1) is 0 Å². The Morgan fingerprint density at radius 1 is 1.14 bits per heavy atom. The van der Waals surface area contributed by atoms with E-state index in [9.17, 15) is 0 Å². The Morgan fingerprint density at radius 2 is 2.07 bits per heavy atom. The van der Waals surface area contributed by atoms with Crippen LogP contribution < -0.4 is 0 Å². The lowest BCUT2D eigenvalue weighted by Gasteiger charge is -2.26. The first-order chi connectivity index (χ1) is 6.84. The number of fused-ring (bicyclic) bond motifs is 3. The van der Waals surface area contributed by atoms with E-state index in [1.165, 1.54) is 11.1 Å². The van der Waals surface area contributed by atoms with Gasteiger partial charge in [0.2, 0.25) is 0 Å². The maximum absolute atomic E-state index is 5.42. The van der Waals surface area contributed by atoms with Crippen LogP contribution >= 0.6 is 0 Å². The number of hydrogen-bond acceptors (Lipinski definition) is 1. The van der Waals surface area contributed by atoms with Crippen molar-refractivity contribution in [1.82, 2.24) is 0 Å². The highest BCUT2D eigenvalue weighted by molar-refractivity contribution is 5.45. The topological polar surface area (TPSA) is 9.23 Å². The fraction of sp³-hybridized carbons (Fsp3) is 0.231. The predicted molar refractivity (Wildman–Crippen MR) is 56.3 cm³/mol. The zero-order valence-corrected chi connectivity index (χ0v) is 8.10. The molecule has 0 radical (unpaired) electrons. The van der Waals surface area contributed by atoms with Gasteiger partial charge in [-0.05, 0) is 24.6 Å². The smallest absolute Gasteiger partial charge is 0.111 e. The van der Waals surface area contributed by atoms with Crippen molar-refractivity contribution < 1.29 is 4.74 Å². The molecule has 1 nitrogen and oxygen atoms in total. The highest BCUT2D eigenvalue weighted by Gasteiger charge is 2.31. The van der Waals surface area contributed by atoms with Crippen molar-refractivity contribution in [1.29, 1.82) is 0 Å². The lowest BCUT2D eigenvalue weighted by molar-refractivity contribution is 0.327. The highest BCUT2D eigenvalue weighted by Crippen LogP contribution is 2.40. The van der Waals surface area contributed by atoms with Crippen LogP contribution in [-0.2, 0) is 4.74 Å². The molecule has 3 rings (SSSR count). The van der Waals surface area contributed by atoms with Crippen LogP contribution in [0, 0.1) is 11.8 Å². The second-order valence-corrected chi connectivity index (χ2v) is 3.98. The Morgan fingerprint density at radius 3 is 3.00 bits per heavy atom. The molecule has 0 saturated heterocycles. The normalized spacial score (nSPS) is 32.5. The van der Waals surface area contributed by atoms with Gasteiger partial charge in [-0.1, -0.05) is 29.9 Å². The molecule has 3 aliphatic rings. The van der Waals surface area contributed by atoms with Crippen LogP contribution in [0.2, 0.25) is 0 Å². The molecule has 0 aromatic carbocycles. The van der Waals surface area contributed by atoms with E-state index in [0.29, 0.717) is 11.8 Å².